The number of carbonyl (C=O) groups excluding carboxylic acids is 1. The number of alkyl halides is 3. The van der Waals surface area contributed by atoms with E-state index in [-0.39, 0.29) is 42.3 Å². The maximum atomic E-state index is 13.0. The Labute approximate surface area is 171 Å². The van der Waals surface area contributed by atoms with Gasteiger partial charge in [-0.2, -0.15) is 13.2 Å². The van der Waals surface area contributed by atoms with Gasteiger partial charge in [-0.05, 0) is 56.0 Å². The SMILES string of the molecule is CC(CC(=O)Nc1cc(C(F)(F)F)ccc1N(C)C)C1CCNCC1.Cl.Cl. The third-order valence-corrected chi connectivity index (χ3v) is 4.78. The van der Waals surface area contributed by atoms with Crippen LogP contribution < -0.4 is 15.5 Å². The molecule has 27 heavy (non-hydrogen) atoms. The number of carbonyl (C=O) groups is 1. The highest BCUT2D eigenvalue weighted by Crippen LogP contribution is 2.35. The van der Waals surface area contributed by atoms with Crippen LogP contribution in [0, 0.1) is 11.8 Å². The van der Waals surface area contributed by atoms with E-state index in [9.17, 15) is 18.0 Å². The number of benzene rings is 1. The lowest BCUT2D eigenvalue weighted by Gasteiger charge is -2.28. The molecular weight excluding hydrogens is 402 g/mol. The highest BCUT2D eigenvalue weighted by atomic mass is 35.5. The zero-order valence-corrected chi connectivity index (χ0v) is 17.4. The van der Waals surface area contributed by atoms with Crippen molar-refractivity contribution in [3.8, 4) is 0 Å². The lowest BCUT2D eigenvalue weighted by atomic mass is 9.84. The number of amides is 1. The van der Waals surface area contributed by atoms with Crippen molar-refractivity contribution < 1.29 is 18.0 Å². The van der Waals surface area contributed by atoms with Crippen LogP contribution in [0.1, 0.15) is 31.7 Å². The number of halogens is 5. The topological polar surface area (TPSA) is 44.4 Å². The van der Waals surface area contributed by atoms with Crippen LogP contribution in [0.2, 0.25) is 0 Å². The summed E-state index contributed by atoms with van der Waals surface area (Å²) in [6.45, 7) is 3.94. The lowest BCUT2D eigenvalue weighted by molar-refractivity contribution is -0.137. The molecule has 9 heteroatoms. The summed E-state index contributed by atoms with van der Waals surface area (Å²) in [4.78, 5) is 14.1. The van der Waals surface area contributed by atoms with E-state index < -0.39 is 11.7 Å². The maximum absolute atomic E-state index is 13.0. The molecule has 1 amide bonds. The van der Waals surface area contributed by atoms with Crippen molar-refractivity contribution in [2.24, 2.45) is 11.8 Å². The quantitative estimate of drug-likeness (QED) is 0.719. The van der Waals surface area contributed by atoms with Crippen molar-refractivity contribution in [1.29, 1.82) is 0 Å². The van der Waals surface area contributed by atoms with E-state index >= 15 is 0 Å². The van der Waals surface area contributed by atoms with Crippen LogP contribution in [0.15, 0.2) is 18.2 Å². The van der Waals surface area contributed by atoms with E-state index in [2.05, 4.69) is 10.6 Å². The molecule has 1 saturated heterocycles. The first kappa shape index (κ1) is 25.8. The Hall–Kier alpha value is -1.18. The summed E-state index contributed by atoms with van der Waals surface area (Å²) >= 11 is 0. The molecule has 0 bridgehead atoms. The van der Waals surface area contributed by atoms with Gasteiger partial charge in [0.1, 0.15) is 0 Å². The van der Waals surface area contributed by atoms with Crippen molar-refractivity contribution in [3.05, 3.63) is 23.8 Å². The number of nitrogens with zero attached hydrogens (tertiary/aromatic N) is 1. The first-order valence-corrected chi connectivity index (χ1v) is 8.57. The van der Waals surface area contributed by atoms with Crippen molar-refractivity contribution in [2.75, 3.05) is 37.4 Å². The fourth-order valence-corrected chi connectivity index (χ4v) is 3.28. The average molecular weight is 430 g/mol. The number of piperidine rings is 1. The summed E-state index contributed by atoms with van der Waals surface area (Å²) in [5, 5.41) is 5.97. The van der Waals surface area contributed by atoms with E-state index in [0.717, 1.165) is 38.1 Å². The van der Waals surface area contributed by atoms with Crippen LogP contribution in [-0.2, 0) is 11.0 Å². The third-order valence-electron chi connectivity index (χ3n) is 4.78. The highest BCUT2D eigenvalue weighted by molar-refractivity contribution is 5.94. The number of rotatable bonds is 5. The van der Waals surface area contributed by atoms with E-state index in [0.29, 0.717) is 18.0 Å². The predicted molar refractivity (Wildman–Crippen MR) is 108 cm³/mol. The van der Waals surface area contributed by atoms with Gasteiger partial charge in [0.15, 0.2) is 0 Å². The van der Waals surface area contributed by atoms with Gasteiger partial charge in [-0.25, -0.2) is 0 Å². The Balaban J connectivity index is 0.00000338. The van der Waals surface area contributed by atoms with Gasteiger partial charge >= 0.3 is 6.18 Å². The highest BCUT2D eigenvalue weighted by Gasteiger charge is 2.31. The second kappa shape index (κ2) is 11.0. The molecule has 1 atom stereocenters. The predicted octanol–water partition coefficient (Wildman–Crippen LogP) is 4.58. The Morgan fingerprint density at radius 2 is 1.85 bits per heavy atom. The molecule has 2 rings (SSSR count). The molecule has 1 aliphatic rings. The Morgan fingerprint density at radius 1 is 1.26 bits per heavy atom. The molecule has 0 saturated carbocycles. The summed E-state index contributed by atoms with van der Waals surface area (Å²) in [6, 6.07) is 3.42. The molecular formula is C18H28Cl2F3N3O. The monoisotopic (exact) mass is 429 g/mol. The van der Waals surface area contributed by atoms with Crippen LogP contribution in [-0.4, -0.2) is 33.1 Å². The molecule has 0 radical (unpaired) electrons. The van der Waals surface area contributed by atoms with Crippen molar-refractivity contribution >= 4 is 42.1 Å². The Morgan fingerprint density at radius 3 is 2.37 bits per heavy atom. The molecule has 0 aromatic heterocycles. The van der Waals surface area contributed by atoms with Crippen molar-refractivity contribution in [3.63, 3.8) is 0 Å². The zero-order valence-electron chi connectivity index (χ0n) is 15.7. The molecule has 1 heterocycles. The van der Waals surface area contributed by atoms with Gasteiger partial charge < -0.3 is 15.5 Å². The first-order valence-electron chi connectivity index (χ1n) is 8.57. The maximum Gasteiger partial charge on any atom is 0.416 e. The molecule has 1 aliphatic heterocycles. The zero-order chi connectivity index (χ0) is 18.6. The molecule has 0 spiro atoms. The molecule has 1 unspecified atom stereocenters. The third kappa shape index (κ3) is 7.39. The van der Waals surface area contributed by atoms with Gasteiger partial charge in [0.05, 0.1) is 16.9 Å². The van der Waals surface area contributed by atoms with Crippen LogP contribution in [0.5, 0.6) is 0 Å². The largest absolute Gasteiger partial charge is 0.416 e. The number of anilines is 2. The molecule has 156 valence electrons. The van der Waals surface area contributed by atoms with Crippen molar-refractivity contribution in [2.45, 2.75) is 32.4 Å². The Bertz CT molecular complexity index is 606. The Kier molecular flexibility index (Phi) is 10.5. The number of nitrogens with one attached hydrogen (secondary N) is 2. The van der Waals surface area contributed by atoms with Gasteiger partial charge in [0.2, 0.25) is 5.91 Å². The van der Waals surface area contributed by atoms with Gasteiger partial charge in [0.25, 0.3) is 0 Å². The second-order valence-electron chi connectivity index (χ2n) is 6.94. The van der Waals surface area contributed by atoms with E-state index in [1.165, 1.54) is 6.07 Å². The fourth-order valence-electron chi connectivity index (χ4n) is 3.28. The number of hydrogen-bond acceptors (Lipinski definition) is 3. The summed E-state index contributed by atoms with van der Waals surface area (Å²) in [6.07, 6.45) is -2.07. The second-order valence-corrected chi connectivity index (χ2v) is 6.94. The van der Waals surface area contributed by atoms with Gasteiger partial charge in [-0.15, -0.1) is 24.8 Å². The van der Waals surface area contributed by atoms with Crippen LogP contribution in [0.4, 0.5) is 24.5 Å². The average Bonchev–Trinajstić information content (AvgIpc) is 2.54. The molecule has 1 aromatic rings. The van der Waals surface area contributed by atoms with Crippen molar-refractivity contribution in [1.82, 2.24) is 5.32 Å². The normalized spacial score (nSPS) is 15.9. The minimum Gasteiger partial charge on any atom is -0.376 e. The van der Waals surface area contributed by atoms with Gasteiger partial charge in [0, 0.05) is 20.5 Å². The fraction of sp³-hybridized carbons (Fsp3) is 0.611. The lowest BCUT2D eigenvalue weighted by Crippen LogP contribution is -2.32. The molecule has 1 fully saturated rings. The van der Waals surface area contributed by atoms with Gasteiger partial charge in [-0.3, -0.25) is 4.79 Å². The van der Waals surface area contributed by atoms with Crippen LogP contribution in [0.3, 0.4) is 0 Å². The van der Waals surface area contributed by atoms with Gasteiger partial charge in [-0.1, -0.05) is 6.92 Å². The van der Waals surface area contributed by atoms with E-state index in [1.54, 1.807) is 19.0 Å². The number of hydrogen-bond donors (Lipinski definition) is 2. The van der Waals surface area contributed by atoms with E-state index in [4.69, 9.17) is 0 Å². The summed E-state index contributed by atoms with van der Waals surface area (Å²) in [5.41, 5.74) is -0.0157. The minimum absolute atomic E-state index is 0. The van der Waals surface area contributed by atoms with Crippen LogP contribution in [0.25, 0.3) is 0 Å². The summed E-state index contributed by atoms with van der Waals surface area (Å²) in [5.74, 6) is 0.436. The molecule has 1 aromatic carbocycles. The van der Waals surface area contributed by atoms with E-state index in [1.807, 2.05) is 6.92 Å². The molecule has 4 nitrogen and oxygen atoms in total. The smallest absolute Gasteiger partial charge is 0.376 e. The summed E-state index contributed by atoms with van der Waals surface area (Å²) < 4.78 is 38.9. The first-order chi connectivity index (χ1) is 11.7. The molecule has 2 N–H and O–H groups in total. The van der Waals surface area contributed by atoms with Crippen LogP contribution >= 0.6 is 24.8 Å². The summed E-state index contributed by atoms with van der Waals surface area (Å²) in [7, 11) is 3.46. The minimum atomic E-state index is -4.44. The molecule has 0 aliphatic carbocycles. The standard InChI is InChI=1S/C18H26F3N3O.2ClH/c1-12(13-6-8-22-9-7-13)10-17(25)23-15-11-14(18(19,20)21)4-5-16(15)24(2)3;;/h4-5,11-13,22H,6-10H2,1-3H3,(H,23,25);2*1H.